The third-order valence-electron chi connectivity index (χ3n) is 10.4. The fourth-order valence-electron chi connectivity index (χ4n) is 8.01. The van der Waals surface area contributed by atoms with Crippen LogP contribution in [-0.2, 0) is 25.6 Å². The average molecular weight is 789 g/mol. The minimum Gasteiger partial charge on any atom is -0.508 e. The number of phenols is 1. The number of phenolic OH excluding ortho intramolecular Hbond substituents is 1. The zero-order valence-corrected chi connectivity index (χ0v) is 28.2. The van der Waals surface area contributed by atoms with Crippen LogP contribution in [0.1, 0.15) is 36.8 Å². The van der Waals surface area contributed by atoms with E-state index in [1.165, 1.54) is 18.2 Å². The Hall–Kier alpha value is -4.70. The summed E-state index contributed by atoms with van der Waals surface area (Å²) >= 11 is 14.0. The number of rotatable bonds is 5. The highest BCUT2D eigenvalue weighted by Gasteiger charge is 2.77. The number of alkyl halides is 5. The third-order valence-corrected chi connectivity index (χ3v) is 11.8. The first-order valence-corrected chi connectivity index (χ1v) is 16.6. The molecule has 6 atom stereocenters. The van der Waals surface area contributed by atoms with Gasteiger partial charge in [-0.05, 0) is 61.1 Å². The molecule has 0 unspecified atom stereocenters. The molecule has 2 heterocycles. The van der Waals surface area contributed by atoms with Gasteiger partial charge in [0, 0.05) is 11.5 Å². The van der Waals surface area contributed by atoms with Gasteiger partial charge in [-0.15, -0.1) is 36.4 Å². The lowest BCUT2D eigenvalue weighted by atomic mass is 9.56. The lowest BCUT2D eigenvalue weighted by Gasteiger charge is -2.50. The molecule has 3 fully saturated rings. The Morgan fingerprint density at radius 1 is 0.830 bits per heavy atom. The molecule has 1 N–H and O–H groups in total. The van der Waals surface area contributed by atoms with E-state index in [0.717, 1.165) is 16.5 Å². The predicted octanol–water partition coefficient (Wildman–Crippen LogP) is 7.32. The van der Waals surface area contributed by atoms with Crippen LogP contribution < -0.4 is 14.5 Å². The first kappa shape index (κ1) is 36.6. The number of carbonyl (C=O) groups is 4. The van der Waals surface area contributed by atoms with Gasteiger partial charge in [-0.25, -0.2) is 26.9 Å². The number of nitrogens with zero attached hydrogens (tertiary/aromatic N) is 2. The van der Waals surface area contributed by atoms with Gasteiger partial charge in [-0.3, -0.25) is 24.1 Å². The zero-order chi connectivity index (χ0) is 38.7. The van der Waals surface area contributed by atoms with Crippen LogP contribution in [0.4, 0.5) is 46.5 Å². The van der Waals surface area contributed by atoms with Crippen molar-refractivity contribution >= 4 is 58.2 Å². The van der Waals surface area contributed by atoms with Crippen molar-refractivity contribution < 1.29 is 64.1 Å². The Morgan fingerprint density at radius 2 is 1.43 bits per heavy atom. The molecule has 0 radical (unpaired) electrons. The quantitative estimate of drug-likeness (QED) is 0.0727. The van der Waals surface area contributed by atoms with E-state index < -0.39 is 127 Å². The van der Waals surface area contributed by atoms with E-state index in [1.807, 2.05) is 6.92 Å². The first-order valence-electron chi connectivity index (χ1n) is 15.8. The number of carbonyl (C=O) groups excluding carboxylic acids is 4. The molecule has 53 heavy (non-hydrogen) atoms. The van der Waals surface area contributed by atoms with Gasteiger partial charge in [0.15, 0.2) is 33.0 Å². The number of hydrogen-bond donors (Lipinski definition) is 1. The summed E-state index contributed by atoms with van der Waals surface area (Å²) in [5.41, 5.74) is -1.70. The highest BCUT2D eigenvalue weighted by molar-refractivity contribution is 6.58. The molecule has 4 aliphatic rings. The highest BCUT2D eigenvalue weighted by atomic mass is 35.5. The van der Waals surface area contributed by atoms with E-state index >= 15 is 8.78 Å². The van der Waals surface area contributed by atoms with Gasteiger partial charge < -0.3 is 9.84 Å². The number of fused-ring (bicyclic) bond motifs is 4. The van der Waals surface area contributed by atoms with Crippen molar-refractivity contribution in [2.75, 3.05) is 9.80 Å². The lowest BCUT2D eigenvalue weighted by Crippen LogP contribution is -2.60. The summed E-state index contributed by atoms with van der Waals surface area (Å²) in [6, 6.07) is 8.44. The van der Waals surface area contributed by atoms with Gasteiger partial charge in [0.2, 0.25) is 17.6 Å². The van der Waals surface area contributed by atoms with Crippen LogP contribution in [0.25, 0.3) is 0 Å². The van der Waals surface area contributed by atoms with Crippen LogP contribution in [0.15, 0.2) is 54.1 Å². The van der Waals surface area contributed by atoms with E-state index in [4.69, 9.17) is 23.2 Å². The van der Waals surface area contributed by atoms with Gasteiger partial charge in [0.05, 0.1) is 17.5 Å². The molecule has 0 bridgehead atoms. The van der Waals surface area contributed by atoms with Crippen LogP contribution >= 0.6 is 23.2 Å². The largest absolute Gasteiger partial charge is 0.573 e. The van der Waals surface area contributed by atoms with E-state index in [0.29, 0.717) is 18.6 Å². The predicted molar refractivity (Wildman–Crippen MR) is 170 cm³/mol. The first-order chi connectivity index (χ1) is 24.8. The molecule has 8 nitrogen and oxygen atoms in total. The molecule has 1 saturated carbocycles. The molecule has 2 aliphatic carbocycles. The Bertz CT molecular complexity index is 2150. The normalized spacial score (nSPS) is 28.2. The van der Waals surface area contributed by atoms with Crippen LogP contribution in [-0.4, -0.2) is 44.8 Å². The molecule has 0 spiro atoms. The maximum atomic E-state index is 15.2. The molecule has 4 amide bonds. The number of aryl methyl sites for hydroxylation is 1. The number of aromatic hydroxyl groups is 1. The molecule has 2 saturated heterocycles. The highest BCUT2D eigenvalue weighted by Crippen LogP contribution is 2.67. The van der Waals surface area contributed by atoms with Gasteiger partial charge in [-0.1, -0.05) is 30.7 Å². The summed E-state index contributed by atoms with van der Waals surface area (Å²) < 4.78 is 117. The second kappa shape index (κ2) is 12.2. The molecular weight excluding hydrogens is 767 g/mol. The molecular formula is C35H22Cl2F8N2O6. The SMILES string of the molecule is CCc1ccc(N2C(=O)[C@H]3[C@H](CC=C4[C@H]3C[C@@]3(Cl)C(=O)N(c5c(F)c(F)c(F)c(F)c5F)C(=O)[C@@]3(Cl)[C@H]4c3cc(OC(F)(F)F)ccc3O)C2=O)cc1. The summed E-state index contributed by atoms with van der Waals surface area (Å²) in [7, 11) is 0. The fraction of sp³-hybridized carbons (Fsp3) is 0.314. The van der Waals surface area contributed by atoms with Gasteiger partial charge in [0.1, 0.15) is 17.2 Å². The Labute approximate surface area is 303 Å². The van der Waals surface area contributed by atoms with E-state index in [1.54, 1.807) is 12.1 Å². The number of benzene rings is 3. The molecule has 3 aromatic carbocycles. The number of imide groups is 2. The summed E-state index contributed by atoms with van der Waals surface area (Å²) in [6.45, 7) is 1.88. The third kappa shape index (κ3) is 5.07. The molecule has 3 aromatic rings. The number of ether oxygens (including phenoxy) is 1. The maximum absolute atomic E-state index is 15.2. The summed E-state index contributed by atoms with van der Waals surface area (Å²) in [6.07, 6.45) is -4.39. The number of hydrogen-bond acceptors (Lipinski definition) is 6. The van der Waals surface area contributed by atoms with Crippen molar-refractivity contribution in [3.8, 4) is 11.5 Å². The molecule has 0 aromatic heterocycles. The van der Waals surface area contributed by atoms with Crippen LogP contribution in [0.5, 0.6) is 11.5 Å². The number of anilines is 2. The Morgan fingerprint density at radius 3 is 2.02 bits per heavy atom. The zero-order valence-electron chi connectivity index (χ0n) is 26.7. The minimum absolute atomic E-state index is 0.0817. The summed E-state index contributed by atoms with van der Waals surface area (Å²) in [5, 5.41) is 11.1. The van der Waals surface area contributed by atoms with E-state index in [9.17, 15) is 50.6 Å². The molecule has 278 valence electrons. The topological polar surface area (TPSA) is 104 Å². The minimum atomic E-state index is -5.29. The molecule has 18 heteroatoms. The summed E-state index contributed by atoms with van der Waals surface area (Å²) in [5.74, 6) is -25.7. The smallest absolute Gasteiger partial charge is 0.508 e. The lowest BCUT2D eigenvalue weighted by molar-refractivity contribution is -0.274. The van der Waals surface area contributed by atoms with E-state index in [2.05, 4.69) is 4.74 Å². The van der Waals surface area contributed by atoms with Crippen LogP contribution in [0, 0.1) is 46.8 Å². The van der Waals surface area contributed by atoms with Crippen LogP contribution in [0.2, 0.25) is 0 Å². The fourth-order valence-corrected chi connectivity index (χ4v) is 8.94. The second-order valence-corrected chi connectivity index (χ2v) is 14.2. The second-order valence-electron chi connectivity index (χ2n) is 13.0. The van der Waals surface area contributed by atoms with Crippen molar-refractivity contribution in [1.82, 2.24) is 0 Å². The van der Waals surface area contributed by atoms with Crippen molar-refractivity contribution in [3.05, 3.63) is 94.3 Å². The average Bonchev–Trinajstić information content (AvgIpc) is 3.45. The van der Waals surface area contributed by atoms with Crippen LogP contribution in [0.3, 0.4) is 0 Å². The standard InChI is InChI=1S/C35H22Cl2F8N2O6/c1-2-13-3-5-14(6-4-13)46-29(49)17-9-8-16-19(21(17)30(46)50)12-33(36)31(51)47(28-26(41)24(39)23(38)25(40)27(28)42)32(52)34(33,37)22(16)18-11-15(7-10-20(18)48)53-35(43,44)45/h3-8,10-11,17,19,21-22,48H,2,9,12H2,1H3/t17-,19+,21-,22+,33+,34-/m0/s1. The monoisotopic (exact) mass is 788 g/mol. The maximum Gasteiger partial charge on any atom is 0.573 e. The number of allylic oxidation sites excluding steroid dienone is 2. The van der Waals surface area contributed by atoms with Gasteiger partial charge in [0.25, 0.3) is 11.8 Å². The molecule has 2 aliphatic heterocycles. The van der Waals surface area contributed by atoms with Crippen molar-refractivity contribution in [2.45, 2.75) is 48.2 Å². The summed E-state index contributed by atoms with van der Waals surface area (Å²) in [4.78, 5) is 51.1. The van der Waals surface area contributed by atoms with Gasteiger partial charge >= 0.3 is 6.36 Å². The van der Waals surface area contributed by atoms with Crippen molar-refractivity contribution in [3.63, 3.8) is 0 Å². The Balaban J connectivity index is 1.44. The number of amides is 4. The van der Waals surface area contributed by atoms with Gasteiger partial charge in [-0.2, -0.15) is 0 Å². The molecule has 7 rings (SSSR count). The Kier molecular flexibility index (Phi) is 8.41. The number of halogens is 10. The van der Waals surface area contributed by atoms with Crippen molar-refractivity contribution in [2.24, 2.45) is 17.8 Å². The van der Waals surface area contributed by atoms with E-state index in [-0.39, 0.29) is 17.7 Å². The van der Waals surface area contributed by atoms with Crippen molar-refractivity contribution in [1.29, 1.82) is 0 Å².